The molecule has 1 saturated heterocycles. The van der Waals surface area contributed by atoms with Crippen molar-refractivity contribution in [2.45, 2.75) is 44.2 Å². The minimum atomic E-state index is -0.921. The average Bonchev–Trinajstić information content (AvgIpc) is 3.29. The largest absolute Gasteiger partial charge is 0.480 e. The van der Waals surface area contributed by atoms with Crippen molar-refractivity contribution in [3.8, 4) is 5.82 Å². The van der Waals surface area contributed by atoms with Crippen LogP contribution in [0.25, 0.3) is 5.82 Å². The van der Waals surface area contributed by atoms with Gasteiger partial charge in [0.25, 0.3) is 5.91 Å². The van der Waals surface area contributed by atoms with Gasteiger partial charge in [-0.3, -0.25) is 4.79 Å². The minimum absolute atomic E-state index is 0.0253. The predicted octanol–water partition coefficient (Wildman–Crippen LogP) is 1.52. The summed E-state index contributed by atoms with van der Waals surface area (Å²) in [7, 11) is 0. The van der Waals surface area contributed by atoms with Crippen LogP contribution in [-0.4, -0.2) is 53.7 Å². The Bertz CT molecular complexity index is 774. The lowest BCUT2D eigenvalue weighted by molar-refractivity contribution is -0.141. The quantitative estimate of drug-likeness (QED) is 0.908. The van der Waals surface area contributed by atoms with Crippen molar-refractivity contribution in [3.63, 3.8) is 0 Å². The fourth-order valence-corrected chi connectivity index (χ4v) is 4.10. The van der Waals surface area contributed by atoms with Crippen LogP contribution in [0, 0.1) is 5.92 Å². The number of fused-ring (bicyclic) bond motifs is 1. The number of hydrogen-bond donors (Lipinski definition) is 1. The van der Waals surface area contributed by atoms with E-state index < -0.39 is 12.0 Å². The van der Waals surface area contributed by atoms with Crippen LogP contribution in [0.4, 0.5) is 0 Å². The Morgan fingerprint density at radius 1 is 1.20 bits per heavy atom. The van der Waals surface area contributed by atoms with Gasteiger partial charge >= 0.3 is 5.97 Å². The topological polar surface area (TPSA) is 101 Å². The maximum atomic E-state index is 13.0. The first-order chi connectivity index (χ1) is 12.1. The van der Waals surface area contributed by atoms with Crippen molar-refractivity contribution in [1.29, 1.82) is 0 Å². The van der Waals surface area contributed by atoms with E-state index in [1.807, 2.05) is 0 Å². The van der Waals surface area contributed by atoms with Gasteiger partial charge in [0.2, 0.25) is 0 Å². The summed E-state index contributed by atoms with van der Waals surface area (Å²) in [5.74, 6) is -0.323. The van der Waals surface area contributed by atoms with E-state index in [1.165, 1.54) is 23.5 Å². The van der Waals surface area contributed by atoms with Gasteiger partial charge in [-0.25, -0.2) is 19.4 Å². The lowest BCUT2D eigenvalue weighted by Crippen LogP contribution is -2.46. The molecule has 0 unspecified atom stereocenters. The Balaban J connectivity index is 1.61. The molecule has 4 rings (SSSR count). The number of hydrogen-bond acceptors (Lipinski definition) is 5. The molecule has 2 aromatic rings. The molecule has 0 radical (unpaired) electrons. The fourth-order valence-electron chi connectivity index (χ4n) is 4.10. The van der Waals surface area contributed by atoms with E-state index in [0.29, 0.717) is 23.7 Å². The zero-order valence-electron chi connectivity index (χ0n) is 13.7. The molecule has 130 valence electrons. The third-order valence-corrected chi connectivity index (χ3v) is 5.26. The first kappa shape index (κ1) is 15.7. The van der Waals surface area contributed by atoms with E-state index in [4.69, 9.17) is 0 Å². The smallest absolute Gasteiger partial charge is 0.326 e. The van der Waals surface area contributed by atoms with Crippen LogP contribution in [0.1, 0.15) is 42.5 Å². The third kappa shape index (κ3) is 2.77. The van der Waals surface area contributed by atoms with Crippen LogP contribution in [0.5, 0.6) is 0 Å². The lowest BCUT2D eigenvalue weighted by atomic mass is 9.84. The lowest BCUT2D eigenvalue weighted by Gasteiger charge is -2.33. The first-order valence-corrected chi connectivity index (χ1v) is 8.51. The molecular formula is C17H19N5O3. The number of aliphatic carboxylic acids is 1. The van der Waals surface area contributed by atoms with Crippen LogP contribution in [0.3, 0.4) is 0 Å². The van der Waals surface area contributed by atoms with Crippen molar-refractivity contribution >= 4 is 11.9 Å². The summed E-state index contributed by atoms with van der Waals surface area (Å²) in [6, 6.07) is 2.64. The molecule has 2 fully saturated rings. The second kappa shape index (κ2) is 6.27. The molecule has 2 aromatic heterocycles. The number of carbonyl (C=O) groups excluding carboxylic acids is 1. The number of rotatable bonds is 3. The standard InChI is InChI=1S/C17H19N5O3/c23-16(12-5-6-15(19-8-12)21-10-18-9-20-21)22-13-4-2-1-3-11(13)7-14(22)17(24)25/h5-6,8-11,13-14H,1-4,7H2,(H,24,25)/t11-,13+,14+/m1/s1. The Morgan fingerprint density at radius 3 is 2.72 bits per heavy atom. The maximum absolute atomic E-state index is 13.0. The van der Waals surface area contributed by atoms with Crippen LogP contribution >= 0.6 is 0 Å². The number of pyridine rings is 1. The Hall–Kier alpha value is -2.77. The van der Waals surface area contributed by atoms with Gasteiger partial charge in [0.1, 0.15) is 18.7 Å². The molecule has 0 spiro atoms. The molecule has 8 heteroatoms. The molecule has 2 aliphatic rings. The van der Waals surface area contributed by atoms with Crippen LogP contribution in [0.2, 0.25) is 0 Å². The molecule has 3 heterocycles. The summed E-state index contributed by atoms with van der Waals surface area (Å²) in [5.41, 5.74) is 0.404. The summed E-state index contributed by atoms with van der Waals surface area (Å²) in [5, 5.41) is 13.6. The number of aromatic nitrogens is 4. The van der Waals surface area contributed by atoms with Gasteiger partial charge in [0, 0.05) is 12.2 Å². The van der Waals surface area contributed by atoms with Crippen LogP contribution < -0.4 is 0 Å². The SMILES string of the molecule is O=C(O)[C@@H]1C[C@H]2CCCC[C@@H]2N1C(=O)c1ccc(-n2cncn2)nc1. The second-order valence-electron chi connectivity index (χ2n) is 6.66. The van der Waals surface area contributed by atoms with E-state index in [2.05, 4.69) is 15.1 Å². The van der Waals surface area contributed by atoms with E-state index in [0.717, 1.165) is 25.7 Å². The highest BCUT2D eigenvalue weighted by Crippen LogP contribution is 2.40. The molecule has 0 bridgehead atoms. The number of amides is 1. The van der Waals surface area contributed by atoms with Gasteiger partial charge in [-0.15, -0.1) is 0 Å². The number of carboxylic acids is 1. The highest BCUT2D eigenvalue weighted by atomic mass is 16.4. The summed E-state index contributed by atoms with van der Waals surface area (Å²) in [4.78, 5) is 34.4. The molecule has 1 amide bonds. The van der Waals surface area contributed by atoms with Crippen molar-refractivity contribution in [1.82, 2.24) is 24.6 Å². The highest BCUT2D eigenvalue weighted by molar-refractivity contribution is 5.97. The number of nitrogens with zero attached hydrogens (tertiary/aromatic N) is 5. The van der Waals surface area contributed by atoms with Crippen molar-refractivity contribution in [3.05, 3.63) is 36.5 Å². The van der Waals surface area contributed by atoms with Gasteiger partial charge < -0.3 is 10.0 Å². The molecule has 1 aliphatic heterocycles. The normalized spacial score (nSPS) is 25.6. The second-order valence-corrected chi connectivity index (χ2v) is 6.66. The zero-order chi connectivity index (χ0) is 17.4. The molecule has 3 atom stereocenters. The van der Waals surface area contributed by atoms with Crippen LogP contribution in [-0.2, 0) is 4.79 Å². The number of likely N-dealkylation sites (tertiary alicyclic amines) is 1. The number of carboxylic acid groups (broad SMARTS) is 1. The van der Waals surface area contributed by atoms with Gasteiger partial charge in [-0.05, 0) is 37.3 Å². The molecule has 8 nitrogen and oxygen atoms in total. The summed E-state index contributed by atoms with van der Waals surface area (Å²) < 4.78 is 1.50. The molecule has 0 aromatic carbocycles. The van der Waals surface area contributed by atoms with E-state index in [-0.39, 0.29) is 11.9 Å². The van der Waals surface area contributed by atoms with Crippen molar-refractivity contribution in [2.75, 3.05) is 0 Å². The Labute approximate surface area is 144 Å². The summed E-state index contributed by atoms with van der Waals surface area (Å²) in [6.07, 6.45) is 9.00. The zero-order valence-corrected chi connectivity index (χ0v) is 13.7. The molecule has 25 heavy (non-hydrogen) atoms. The highest BCUT2D eigenvalue weighted by Gasteiger charge is 2.47. The van der Waals surface area contributed by atoms with Crippen molar-refractivity contribution in [2.24, 2.45) is 5.92 Å². The number of carbonyl (C=O) groups is 2. The van der Waals surface area contributed by atoms with Gasteiger partial charge in [0.05, 0.1) is 5.56 Å². The van der Waals surface area contributed by atoms with Gasteiger partial charge in [0.15, 0.2) is 5.82 Å². The van der Waals surface area contributed by atoms with E-state index in [9.17, 15) is 14.7 Å². The summed E-state index contributed by atoms with van der Waals surface area (Å²) in [6.45, 7) is 0. The average molecular weight is 341 g/mol. The molecule has 1 aliphatic carbocycles. The van der Waals surface area contributed by atoms with Gasteiger partial charge in [-0.2, -0.15) is 5.10 Å². The fraction of sp³-hybridized carbons (Fsp3) is 0.471. The van der Waals surface area contributed by atoms with Crippen LogP contribution in [0.15, 0.2) is 31.0 Å². The van der Waals surface area contributed by atoms with E-state index in [1.54, 1.807) is 17.0 Å². The van der Waals surface area contributed by atoms with E-state index >= 15 is 0 Å². The first-order valence-electron chi connectivity index (χ1n) is 8.51. The minimum Gasteiger partial charge on any atom is -0.480 e. The van der Waals surface area contributed by atoms with Gasteiger partial charge in [-0.1, -0.05) is 12.8 Å². The summed E-state index contributed by atoms with van der Waals surface area (Å²) >= 11 is 0. The Kier molecular flexibility index (Phi) is 3.95. The maximum Gasteiger partial charge on any atom is 0.326 e. The third-order valence-electron chi connectivity index (χ3n) is 5.26. The van der Waals surface area contributed by atoms with Crippen molar-refractivity contribution < 1.29 is 14.7 Å². The Morgan fingerprint density at radius 2 is 2.04 bits per heavy atom. The molecule has 1 N–H and O–H groups in total. The molecular weight excluding hydrogens is 322 g/mol. The molecule has 1 saturated carbocycles. The predicted molar refractivity (Wildman–Crippen MR) is 87.1 cm³/mol. The monoisotopic (exact) mass is 341 g/mol.